The summed E-state index contributed by atoms with van der Waals surface area (Å²) in [6, 6.07) is 73.6. The number of furan rings is 2. The van der Waals surface area contributed by atoms with Gasteiger partial charge in [0.2, 0.25) is 0 Å². The fourth-order valence-corrected chi connectivity index (χ4v) is 9.51. The van der Waals surface area contributed by atoms with E-state index in [-0.39, 0.29) is 0 Å². The quantitative estimate of drug-likeness (QED) is 0.156. The lowest BCUT2D eigenvalue weighted by molar-refractivity contribution is 0.669. The van der Waals surface area contributed by atoms with Gasteiger partial charge in [0.15, 0.2) is 5.82 Å². The van der Waals surface area contributed by atoms with Gasteiger partial charge in [-0.15, -0.1) is 0 Å². The summed E-state index contributed by atoms with van der Waals surface area (Å²) in [5.41, 5.74) is 15.2. The second-order valence-corrected chi connectivity index (χ2v) is 16.3. The van der Waals surface area contributed by atoms with Gasteiger partial charge in [-0.1, -0.05) is 176 Å². The lowest BCUT2D eigenvalue weighted by Crippen LogP contribution is -1.97. The van der Waals surface area contributed by atoms with E-state index in [2.05, 4.69) is 170 Å². The Morgan fingerprint density at radius 2 is 0.891 bits per heavy atom. The molecule has 0 fully saturated rings. The molecule has 9 aromatic carbocycles. The van der Waals surface area contributed by atoms with E-state index in [0.717, 1.165) is 127 Å². The van der Waals surface area contributed by atoms with E-state index in [1.54, 1.807) is 0 Å². The number of hydrogen-bond acceptors (Lipinski definition) is 5. The van der Waals surface area contributed by atoms with Crippen molar-refractivity contribution in [2.24, 2.45) is 0 Å². The van der Waals surface area contributed by atoms with Crippen LogP contribution in [-0.2, 0) is 0 Å². The maximum absolute atomic E-state index is 6.64. The van der Waals surface area contributed by atoms with Crippen LogP contribution in [0.5, 0.6) is 0 Å². The molecule has 0 amide bonds. The topological polar surface area (TPSA) is 65.0 Å². The third-order valence-electron chi connectivity index (χ3n) is 12.5. The molecule has 0 atom stereocenters. The summed E-state index contributed by atoms with van der Waals surface area (Å²) in [5.74, 6) is 0.629. The van der Waals surface area contributed by atoms with E-state index in [9.17, 15) is 0 Å². The Bertz CT molecular complexity index is 3950. The number of rotatable bonds is 6. The van der Waals surface area contributed by atoms with Gasteiger partial charge >= 0.3 is 0 Å². The van der Waals surface area contributed by atoms with Crippen molar-refractivity contribution in [3.05, 3.63) is 212 Å². The first-order chi connectivity index (χ1) is 31.7. The minimum Gasteiger partial charge on any atom is -0.456 e. The molecule has 298 valence electrons. The first-order valence-electron chi connectivity index (χ1n) is 21.5. The van der Waals surface area contributed by atoms with Gasteiger partial charge in [-0.25, -0.2) is 15.0 Å². The Hall–Kier alpha value is -8.67. The van der Waals surface area contributed by atoms with E-state index < -0.39 is 0 Å². The first-order valence-corrected chi connectivity index (χ1v) is 21.5. The Balaban J connectivity index is 0.983. The zero-order valence-electron chi connectivity index (χ0n) is 34.4. The molecule has 4 heterocycles. The molecule has 0 aliphatic rings. The summed E-state index contributed by atoms with van der Waals surface area (Å²) in [7, 11) is 0. The zero-order chi connectivity index (χ0) is 42.1. The maximum Gasteiger partial charge on any atom is 0.160 e. The van der Waals surface area contributed by atoms with Crippen LogP contribution in [0.3, 0.4) is 0 Å². The molecule has 0 N–H and O–H groups in total. The number of aromatic nitrogens is 3. The van der Waals surface area contributed by atoms with Crippen LogP contribution < -0.4 is 0 Å². The summed E-state index contributed by atoms with van der Waals surface area (Å²) < 4.78 is 13.0. The van der Waals surface area contributed by atoms with Gasteiger partial charge in [-0.3, -0.25) is 0 Å². The fourth-order valence-electron chi connectivity index (χ4n) is 9.51. The molecule has 0 saturated carbocycles. The Morgan fingerprint density at radius 1 is 0.312 bits per heavy atom. The highest BCUT2D eigenvalue weighted by Crippen LogP contribution is 2.46. The number of benzene rings is 9. The van der Waals surface area contributed by atoms with Crippen LogP contribution >= 0.6 is 0 Å². The minimum absolute atomic E-state index is 0.629. The summed E-state index contributed by atoms with van der Waals surface area (Å²) >= 11 is 0. The van der Waals surface area contributed by atoms with Crippen molar-refractivity contribution in [3.63, 3.8) is 0 Å². The van der Waals surface area contributed by atoms with Crippen molar-refractivity contribution in [1.82, 2.24) is 15.0 Å². The standard InChI is InChI=1S/C59H35N3O2/c1-3-15-37(16-4-1)49-35-50(38-31-29-36(30-32-38)42-24-14-25-44-43-21-8-11-27-51(43)64-58(42)44)62-59(61-49)41-20-13-19-40(33-41)57-47-34-53-56(46-23-9-12-28-52(46)63-53)54(39-17-5-2-6-18-39)55(47)45-22-7-10-26-48(45)60-57/h1-35H. The highest BCUT2D eigenvalue weighted by molar-refractivity contribution is 6.27. The first kappa shape index (κ1) is 36.0. The summed E-state index contributed by atoms with van der Waals surface area (Å²) in [6.07, 6.45) is 0. The van der Waals surface area contributed by atoms with Crippen LogP contribution in [0.1, 0.15) is 0 Å². The molecule has 13 rings (SSSR count). The molecular weight excluding hydrogens is 783 g/mol. The van der Waals surface area contributed by atoms with Gasteiger partial charge in [-0.2, -0.15) is 0 Å². The van der Waals surface area contributed by atoms with Gasteiger partial charge in [0.05, 0.1) is 22.6 Å². The van der Waals surface area contributed by atoms with E-state index in [1.807, 2.05) is 42.5 Å². The second kappa shape index (κ2) is 14.5. The third-order valence-corrected chi connectivity index (χ3v) is 12.5. The van der Waals surface area contributed by atoms with Crippen molar-refractivity contribution >= 4 is 65.6 Å². The summed E-state index contributed by atoms with van der Waals surface area (Å²) in [4.78, 5) is 15.9. The molecule has 0 saturated heterocycles. The number of pyridine rings is 1. The lowest BCUT2D eigenvalue weighted by Gasteiger charge is -2.16. The van der Waals surface area contributed by atoms with Crippen LogP contribution in [0.2, 0.25) is 0 Å². The highest BCUT2D eigenvalue weighted by atomic mass is 16.3. The number of fused-ring (bicyclic) bond motifs is 9. The lowest BCUT2D eigenvalue weighted by atomic mass is 9.89. The number of para-hydroxylation sites is 4. The molecule has 0 aliphatic heterocycles. The van der Waals surface area contributed by atoms with Crippen LogP contribution in [0.25, 0.3) is 133 Å². The fraction of sp³-hybridized carbons (Fsp3) is 0. The predicted octanol–water partition coefficient (Wildman–Crippen LogP) is 16.0. The largest absolute Gasteiger partial charge is 0.456 e. The van der Waals surface area contributed by atoms with Crippen LogP contribution in [0.4, 0.5) is 0 Å². The average Bonchev–Trinajstić information content (AvgIpc) is 3.94. The van der Waals surface area contributed by atoms with Crippen molar-refractivity contribution in [2.45, 2.75) is 0 Å². The summed E-state index contributed by atoms with van der Waals surface area (Å²) in [6.45, 7) is 0. The molecule has 5 nitrogen and oxygen atoms in total. The van der Waals surface area contributed by atoms with E-state index in [1.165, 1.54) is 0 Å². The van der Waals surface area contributed by atoms with Gasteiger partial charge in [0.25, 0.3) is 0 Å². The minimum atomic E-state index is 0.629. The highest BCUT2D eigenvalue weighted by Gasteiger charge is 2.22. The molecule has 4 aromatic heterocycles. The van der Waals surface area contributed by atoms with Crippen LogP contribution in [0, 0.1) is 0 Å². The molecule has 0 spiro atoms. The number of nitrogens with zero attached hydrogens (tertiary/aromatic N) is 3. The van der Waals surface area contributed by atoms with Crippen LogP contribution in [0.15, 0.2) is 221 Å². The van der Waals surface area contributed by atoms with Gasteiger partial charge in [-0.05, 0) is 47.5 Å². The second-order valence-electron chi connectivity index (χ2n) is 16.3. The van der Waals surface area contributed by atoms with E-state index in [0.29, 0.717) is 5.82 Å². The van der Waals surface area contributed by atoms with Crippen molar-refractivity contribution in [1.29, 1.82) is 0 Å². The average molecular weight is 818 g/mol. The third kappa shape index (κ3) is 5.83. The molecule has 13 aromatic rings. The Morgan fingerprint density at radius 3 is 1.67 bits per heavy atom. The van der Waals surface area contributed by atoms with Gasteiger partial charge < -0.3 is 8.83 Å². The van der Waals surface area contributed by atoms with Crippen molar-refractivity contribution in [2.75, 3.05) is 0 Å². The molecule has 0 unspecified atom stereocenters. The smallest absolute Gasteiger partial charge is 0.160 e. The normalized spacial score (nSPS) is 11.8. The predicted molar refractivity (Wildman–Crippen MR) is 262 cm³/mol. The molecule has 64 heavy (non-hydrogen) atoms. The number of hydrogen-bond donors (Lipinski definition) is 0. The molecule has 0 aliphatic carbocycles. The Kier molecular flexibility index (Phi) is 8.15. The van der Waals surface area contributed by atoms with Gasteiger partial charge in [0.1, 0.15) is 22.3 Å². The molecular formula is C59H35N3O2. The zero-order valence-corrected chi connectivity index (χ0v) is 34.4. The van der Waals surface area contributed by atoms with Crippen molar-refractivity contribution in [3.8, 4) is 67.4 Å². The summed E-state index contributed by atoms with van der Waals surface area (Å²) in [5, 5.41) is 7.66. The van der Waals surface area contributed by atoms with Gasteiger partial charge in [0, 0.05) is 71.1 Å². The van der Waals surface area contributed by atoms with E-state index >= 15 is 0 Å². The van der Waals surface area contributed by atoms with E-state index in [4.69, 9.17) is 23.8 Å². The molecule has 0 bridgehead atoms. The molecule has 5 heteroatoms. The maximum atomic E-state index is 6.64. The van der Waals surface area contributed by atoms with Crippen molar-refractivity contribution < 1.29 is 8.83 Å². The molecule has 0 radical (unpaired) electrons. The monoisotopic (exact) mass is 817 g/mol. The van der Waals surface area contributed by atoms with Crippen LogP contribution in [-0.4, -0.2) is 15.0 Å². The SMILES string of the molecule is c1ccc(-c2cc(-c3ccc(-c4cccc5c4oc4ccccc45)cc3)nc(-c3cccc(-c4nc5ccccc5c5c(-c6ccccc6)c6c(cc45)oc4ccccc46)c3)n2)cc1. The Labute approximate surface area is 367 Å².